The predicted octanol–water partition coefficient (Wildman–Crippen LogP) is 2.17. The van der Waals surface area contributed by atoms with E-state index in [1.165, 1.54) is 6.07 Å². The number of hydrogen-bond acceptors (Lipinski definition) is 7. The van der Waals surface area contributed by atoms with Crippen LogP contribution in [-0.4, -0.2) is 31.7 Å². The van der Waals surface area contributed by atoms with Crippen molar-refractivity contribution in [1.82, 2.24) is 15.0 Å². The molecule has 0 fully saturated rings. The first kappa shape index (κ1) is 22.4. The van der Waals surface area contributed by atoms with E-state index in [2.05, 4.69) is 15.5 Å². The molecule has 0 aliphatic carbocycles. The van der Waals surface area contributed by atoms with Crippen LogP contribution < -0.4 is 16.7 Å². The van der Waals surface area contributed by atoms with E-state index in [-0.39, 0.29) is 16.3 Å². The number of rotatable bonds is 5. The molecule has 0 atom stereocenters. The lowest BCUT2D eigenvalue weighted by atomic mass is 10.1. The van der Waals surface area contributed by atoms with Crippen LogP contribution in [0, 0.1) is 24.0 Å². The predicted molar refractivity (Wildman–Crippen MR) is 117 cm³/mol. The summed E-state index contributed by atoms with van der Waals surface area (Å²) in [5.41, 5.74) is 1.17. The van der Waals surface area contributed by atoms with Gasteiger partial charge in [0.05, 0.1) is 27.4 Å². The Kier molecular flexibility index (Phi) is 6.21. The summed E-state index contributed by atoms with van der Waals surface area (Å²) in [4.78, 5) is 49.1. The maximum atomic E-state index is 12.3. The van der Waals surface area contributed by atoms with Crippen molar-refractivity contribution < 1.29 is 14.8 Å². The normalized spacial score (nSPS) is 11.0. The monoisotopic (exact) mass is 457 g/mol. The van der Waals surface area contributed by atoms with Crippen LogP contribution in [0.4, 0.5) is 5.69 Å². The summed E-state index contributed by atoms with van der Waals surface area (Å²) >= 11 is 5.91. The van der Waals surface area contributed by atoms with Gasteiger partial charge < -0.3 is 5.11 Å². The first-order valence-corrected chi connectivity index (χ1v) is 9.41. The van der Waals surface area contributed by atoms with Crippen molar-refractivity contribution in [1.29, 1.82) is 0 Å². The largest absolute Gasteiger partial charge is 0.493 e. The fourth-order valence-electron chi connectivity index (χ4n) is 2.86. The van der Waals surface area contributed by atoms with Crippen LogP contribution in [0.5, 0.6) is 5.88 Å². The molecule has 12 heteroatoms. The van der Waals surface area contributed by atoms with Gasteiger partial charge in [0.25, 0.3) is 17.2 Å². The summed E-state index contributed by atoms with van der Waals surface area (Å²) in [5, 5.41) is 25.0. The highest BCUT2D eigenvalue weighted by Crippen LogP contribution is 2.22. The number of nitro benzene ring substituents is 1. The molecule has 0 saturated heterocycles. The third-order valence-corrected chi connectivity index (χ3v) is 4.82. The maximum Gasteiger partial charge on any atom is 0.335 e. The number of halogens is 1. The smallest absolute Gasteiger partial charge is 0.335 e. The zero-order valence-corrected chi connectivity index (χ0v) is 17.5. The lowest BCUT2D eigenvalue weighted by Crippen LogP contribution is -2.32. The molecule has 2 aromatic carbocycles. The molecule has 11 nitrogen and oxygen atoms in total. The Balaban J connectivity index is 1.96. The number of nitrogens with one attached hydrogen (secondary N) is 2. The molecule has 0 aliphatic rings. The number of non-ortho nitro benzene ring substituents is 1. The van der Waals surface area contributed by atoms with Crippen LogP contribution in [0.25, 0.3) is 5.69 Å². The number of amides is 1. The van der Waals surface area contributed by atoms with E-state index in [9.17, 15) is 29.6 Å². The molecule has 0 aliphatic heterocycles. The van der Waals surface area contributed by atoms with E-state index in [0.29, 0.717) is 11.3 Å². The SMILES string of the molecule is Cc1ccc(C)c(-n2c(O)c(C=NNC(=O)c3cc([N+](=O)[O-])ccc3Cl)c(=O)[nH]c2=O)c1. The van der Waals surface area contributed by atoms with E-state index >= 15 is 0 Å². The second kappa shape index (κ2) is 8.86. The van der Waals surface area contributed by atoms with Gasteiger partial charge in [-0.15, -0.1) is 0 Å². The highest BCUT2D eigenvalue weighted by Gasteiger charge is 2.17. The van der Waals surface area contributed by atoms with Gasteiger partial charge >= 0.3 is 5.69 Å². The van der Waals surface area contributed by atoms with Crippen molar-refractivity contribution in [3.63, 3.8) is 0 Å². The number of aromatic hydroxyl groups is 1. The molecular weight excluding hydrogens is 442 g/mol. The molecule has 1 aromatic heterocycles. The summed E-state index contributed by atoms with van der Waals surface area (Å²) in [6.45, 7) is 3.52. The molecule has 0 saturated carbocycles. The first-order chi connectivity index (χ1) is 15.1. The average molecular weight is 458 g/mol. The van der Waals surface area contributed by atoms with Crippen LogP contribution in [0.3, 0.4) is 0 Å². The number of nitro groups is 1. The van der Waals surface area contributed by atoms with Gasteiger partial charge in [-0.1, -0.05) is 23.7 Å². The lowest BCUT2D eigenvalue weighted by Gasteiger charge is -2.12. The van der Waals surface area contributed by atoms with E-state index in [0.717, 1.165) is 28.5 Å². The van der Waals surface area contributed by atoms with Gasteiger partial charge in [-0.3, -0.25) is 24.7 Å². The summed E-state index contributed by atoms with van der Waals surface area (Å²) in [7, 11) is 0. The van der Waals surface area contributed by atoms with Crippen LogP contribution in [-0.2, 0) is 0 Å². The number of aryl methyl sites for hydroxylation is 2. The second-order valence-electron chi connectivity index (χ2n) is 6.74. The maximum absolute atomic E-state index is 12.3. The molecule has 3 rings (SSSR count). The van der Waals surface area contributed by atoms with Crippen LogP contribution >= 0.6 is 11.6 Å². The minimum atomic E-state index is -0.930. The second-order valence-corrected chi connectivity index (χ2v) is 7.15. The first-order valence-electron chi connectivity index (χ1n) is 9.03. The van der Waals surface area contributed by atoms with Gasteiger partial charge in [0.2, 0.25) is 5.88 Å². The summed E-state index contributed by atoms with van der Waals surface area (Å²) in [6.07, 6.45) is 0.846. The van der Waals surface area contributed by atoms with Crippen molar-refractivity contribution in [3.8, 4) is 11.6 Å². The Hall–Kier alpha value is -4.25. The van der Waals surface area contributed by atoms with Gasteiger partial charge in [0.1, 0.15) is 5.56 Å². The summed E-state index contributed by atoms with van der Waals surface area (Å²) in [6, 6.07) is 8.52. The standard InChI is InChI=1S/C20H16ClN5O6/c1-10-3-4-11(2)16(7-10)25-19(29)14(17(27)23-20(25)30)9-22-24-18(28)13-8-12(26(31)32)5-6-15(13)21/h3-9,29H,1-2H3,(H,24,28)(H,23,27,30). The van der Waals surface area contributed by atoms with E-state index in [1.54, 1.807) is 26.0 Å². The molecule has 3 aromatic rings. The lowest BCUT2D eigenvalue weighted by molar-refractivity contribution is -0.384. The Labute approximate surface area is 184 Å². The van der Waals surface area contributed by atoms with Crippen LogP contribution in [0.15, 0.2) is 51.1 Å². The molecule has 0 bridgehead atoms. The third kappa shape index (κ3) is 4.42. The Morgan fingerprint density at radius 2 is 1.97 bits per heavy atom. The number of aromatic amines is 1. The number of H-pyrrole nitrogens is 1. The van der Waals surface area contributed by atoms with Gasteiger partial charge in [-0.05, 0) is 37.1 Å². The van der Waals surface area contributed by atoms with Crippen molar-refractivity contribution in [2.75, 3.05) is 0 Å². The minimum Gasteiger partial charge on any atom is -0.493 e. The number of hydrazone groups is 1. The number of aromatic nitrogens is 2. The molecule has 0 unspecified atom stereocenters. The fraction of sp³-hybridized carbons (Fsp3) is 0.100. The van der Waals surface area contributed by atoms with Gasteiger partial charge in [0.15, 0.2) is 0 Å². The number of nitrogens with zero attached hydrogens (tertiary/aromatic N) is 3. The molecule has 164 valence electrons. The fourth-order valence-corrected chi connectivity index (χ4v) is 3.06. The molecule has 3 N–H and O–H groups in total. The zero-order chi connectivity index (χ0) is 23.6. The molecule has 1 amide bonds. The third-order valence-electron chi connectivity index (χ3n) is 4.49. The number of carbonyl (C=O) groups excluding carboxylic acids is 1. The molecule has 32 heavy (non-hydrogen) atoms. The van der Waals surface area contributed by atoms with Crippen molar-refractivity contribution >= 4 is 29.4 Å². The quantitative estimate of drug-likeness (QED) is 0.302. The molecule has 0 radical (unpaired) electrons. The highest BCUT2D eigenvalue weighted by atomic mass is 35.5. The van der Waals surface area contributed by atoms with E-state index in [4.69, 9.17) is 11.6 Å². The Morgan fingerprint density at radius 1 is 1.25 bits per heavy atom. The minimum absolute atomic E-state index is 0.0486. The van der Waals surface area contributed by atoms with Crippen molar-refractivity contribution in [3.05, 3.63) is 94.6 Å². The number of hydrogen-bond donors (Lipinski definition) is 3. The Morgan fingerprint density at radius 3 is 2.66 bits per heavy atom. The van der Waals surface area contributed by atoms with Gasteiger partial charge in [-0.25, -0.2) is 14.8 Å². The average Bonchev–Trinajstić information content (AvgIpc) is 2.72. The number of benzene rings is 2. The van der Waals surface area contributed by atoms with Crippen molar-refractivity contribution in [2.45, 2.75) is 13.8 Å². The highest BCUT2D eigenvalue weighted by molar-refractivity contribution is 6.33. The van der Waals surface area contributed by atoms with Crippen LogP contribution in [0.1, 0.15) is 27.0 Å². The van der Waals surface area contributed by atoms with E-state index in [1.807, 2.05) is 6.07 Å². The molecule has 0 spiro atoms. The number of carbonyl (C=O) groups is 1. The van der Waals surface area contributed by atoms with Gasteiger partial charge in [-0.2, -0.15) is 5.10 Å². The zero-order valence-electron chi connectivity index (χ0n) is 16.7. The van der Waals surface area contributed by atoms with Crippen molar-refractivity contribution in [2.24, 2.45) is 5.10 Å². The topological polar surface area (TPSA) is 160 Å². The Bertz CT molecular complexity index is 1390. The van der Waals surface area contributed by atoms with Gasteiger partial charge in [0, 0.05) is 12.1 Å². The summed E-state index contributed by atoms with van der Waals surface area (Å²) in [5.74, 6) is -1.56. The summed E-state index contributed by atoms with van der Waals surface area (Å²) < 4.78 is 0.907. The van der Waals surface area contributed by atoms with E-state index < -0.39 is 33.5 Å². The molecule has 1 heterocycles. The van der Waals surface area contributed by atoms with Crippen LogP contribution in [0.2, 0.25) is 5.02 Å². The molecular formula is C20H16ClN5O6.